The topological polar surface area (TPSA) is 103 Å². The molecule has 0 spiro atoms. The monoisotopic (exact) mass is 476 g/mol. The lowest BCUT2D eigenvalue weighted by Gasteiger charge is -2.34. The van der Waals surface area contributed by atoms with Crippen LogP contribution in [0.3, 0.4) is 0 Å². The minimum absolute atomic E-state index is 0.0422. The summed E-state index contributed by atoms with van der Waals surface area (Å²) in [4.78, 5) is 27.6. The Balaban J connectivity index is 1.49. The van der Waals surface area contributed by atoms with Crippen LogP contribution in [0.5, 0.6) is 0 Å². The fraction of sp³-hybridized carbons (Fsp3) is 0.240. The first-order valence-corrected chi connectivity index (χ1v) is 12.3. The minimum atomic E-state index is -3.86. The third-order valence-corrected chi connectivity index (χ3v) is 7.79. The summed E-state index contributed by atoms with van der Waals surface area (Å²) in [7, 11) is -3.86. The van der Waals surface area contributed by atoms with Crippen LogP contribution in [0.25, 0.3) is 0 Å². The van der Waals surface area contributed by atoms with Gasteiger partial charge in [-0.1, -0.05) is 42.0 Å². The molecule has 34 heavy (non-hydrogen) atoms. The fourth-order valence-corrected chi connectivity index (χ4v) is 5.62. The summed E-state index contributed by atoms with van der Waals surface area (Å²) in [5.74, 6) is -0.418. The lowest BCUT2D eigenvalue weighted by molar-refractivity contribution is 0.0695. The first-order chi connectivity index (χ1) is 16.3. The van der Waals surface area contributed by atoms with E-state index in [9.17, 15) is 23.3 Å². The van der Waals surface area contributed by atoms with Crippen molar-refractivity contribution < 1.29 is 13.2 Å². The quantitative estimate of drug-likeness (QED) is 0.562. The van der Waals surface area contributed by atoms with E-state index in [2.05, 4.69) is 0 Å². The van der Waals surface area contributed by atoms with Crippen LogP contribution in [0.2, 0.25) is 0 Å². The van der Waals surface area contributed by atoms with E-state index in [1.54, 1.807) is 24.4 Å². The predicted octanol–water partition coefficient (Wildman–Crippen LogP) is 2.22. The molecule has 0 radical (unpaired) electrons. The van der Waals surface area contributed by atoms with Crippen molar-refractivity contribution >= 4 is 15.9 Å². The zero-order chi connectivity index (χ0) is 24.3. The van der Waals surface area contributed by atoms with E-state index in [0.717, 1.165) is 11.1 Å². The molecule has 2 heterocycles. The molecular formula is C25H24N4O4S. The highest BCUT2D eigenvalue weighted by Crippen LogP contribution is 2.21. The van der Waals surface area contributed by atoms with Crippen LogP contribution in [0.15, 0.2) is 76.6 Å². The van der Waals surface area contributed by atoms with Gasteiger partial charge in [-0.15, -0.1) is 0 Å². The van der Waals surface area contributed by atoms with Crippen molar-refractivity contribution in [3.05, 3.63) is 99.5 Å². The van der Waals surface area contributed by atoms with Gasteiger partial charge in [-0.3, -0.25) is 9.59 Å². The molecule has 0 atom stereocenters. The zero-order valence-electron chi connectivity index (χ0n) is 18.7. The highest BCUT2D eigenvalue weighted by Gasteiger charge is 2.32. The van der Waals surface area contributed by atoms with Crippen LogP contribution in [-0.4, -0.2) is 54.3 Å². The number of amides is 1. The Hall–Kier alpha value is -3.74. The number of carbonyl (C=O) groups is 1. The molecule has 1 amide bonds. The number of piperazine rings is 1. The third-order valence-electron chi connectivity index (χ3n) is 5.84. The summed E-state index contributed by atoms with van der Waals surface area (Å²) in [6, 6.07) is 19.0. The Kier molecular flexibility index (Phi) is 6.63. The van der Waals surface area contributed by atoms with Crippen molar-refractivity contribution in [1.29, 1.82) is 5.26 Å². The van der Waals surface area contributed by atoms with Crippen molar-refractivity contribution in [2.24, 2.45) is 0 Å². The Morgan fingerprint density at radius 2 is 1.74 bits per heavy atom. The van der Waals surface area contributed by atoms with E-state index >= 15 is 0 Å². The maximum atomic E-state index is 13.1. The Bertz CT molecular complexity index is 1430. The molecule has 1 aliphatic heterocycles. The molecule has 174 valence electrons. The molecule has 0 bridgehead atoms. The Labute approximate surface area is 198 Å². The highest BCUT2D eigenvalue weighted by atomic mass is 32.2. The number of rotatable bonds is 5. The molecule has 1 aliphatic rings. The second-order valence-electron chi connectivity index (χ2n) is 8.15. The summed E-state index contributed by atoms with van der Waals surface area (Å²) in [6.07, 6.45) is 1.65. The summed E-state index contributed by atoms with van der Waals surface area (Å²) in [5, 5.41) is 9.26. The lowest BCUT2D eigenvalue weighted by Crippen LogP contribution is -2.51. The number of hydrogen-bond acceptors (Lipinski definition) is 5. The number of nitrogens with zero attached hydrogens (tertiary/aromatic N) is 4. The van der Waals surface area contributed by atoms with Crippen LogP contribution in [0.4, 0.5) is 0 Å². The molecule has 8 nitrogen and oxygen atoms in total. The van der Waals surface area contributed by atoms with E-state index in [-0.39, 0.29) is 47.8 Å². The molecular weight excluding hydrogens is 452 g/mol. The molecule has 1 saturated heterocycles. The first kappa shape index (κ1) is 23.4. The van der Waals surface area contributed by atoms with Crippen molar-refractivity contribution in [3.8, 4) is 6.07 Å². The number of carbonyl (C=O) groups excluding carboxylic acids is 1. The van der Waals surface area contributed by atoms with Gasteiger partial charge in [-0.05, 0) is 36.8 Å². The molecule has 3 aromatic rings. The van der Waals surface area contributed by atoms with E-state index in [4.69, 9.17) is 0 Å². The highest BCUT2D eigenvalue weighted by molar-refractivity contribution is 7.89. The lowest BCUT2D eigenvalue weighted by atomic mass is 10.1. The molecule has 1 fully saturated rings. The smallest absolute Gasteiger partial charge is 0.263 e. The molecule has 0 aliphatic carbocycles. The number of aromatic nitrogens is 1. The van der Waals surface area contributed by atoms with Gasteiger partial charge < -0.3 is 9.47 Å². The van der Waals surface area contributed by atoms with Gasteiger partial charge in [0.15, 0.2) is 0 Å². The molecule has 4 rings (SSSR count). The van der Waals surface area contributed by atoms with Gasteiger partial charge in [0.2, 0.25) is 10.0 Å². The van der Waals surface area contributed by atoms with Crippen LogP contribution < -0.4 is 5.56 Å². The van der Waals surface area contributed by atoms with E-state index in [1.807, 2.05) is 37.3 Å². The first-order valence-electron chi connectivity index (χ1n) is 10.8. The largest absolute Gasteiger partial charge is 0.336 e. The van der Waals surface area contributed by atoms with Gasteiger partial charge in [-0.2, -0.15) is 9.57 Å². The van der Waals surface area contributed by atoms with E-state index in [0.29, 0.717) is 6.54 Å². The van der Waals surface area contributed by atoms with Crippen molar-refractivity contribution in [2.45, 2.75) is 18.4 Å². The molecule has 2 aromatic carbocycles. The van der Waals surface area contributed by atoms with Crippen molar-refractivity contribution in [1.82, 2.24) is 13.8 Å². The summed E-state index contributed by atoms with van der Waals surface area (Å²) >= 11 is 0. The van der Waals surface area contributed by atoms with E-state index in [1.165, 1.54) is 32.0 Å². The van der Waals surface area contributed by atoms with Gasteiger partial charge in [0, 0.05) is 32.4 Å². The van der Waals surface area contributed by atoms with Crippen LogP contribution >= 0.6 is 0 Å². The number of aryl methyl sites for hydroxylation is 1. The van der Waals surface area contributed by atoms with Crippen molar-refractivity contribution in [3.63, 3.8) is 0 Å². The predicted molar refractivity (Wildman–Crippen MR) is 127 cm³/mol. The normalized spacial score (nSPS) is 14.5. The number of sulfonamides is 1. The molecule has 9 heteroatoms. The maximum absolute atomic E-state index is 13.1. The van der Waals surface area contributed by atoms with Gasteiger partial charge in [0.05, 0.1) is 17.0 Å². The Morgan fingerprint density at radius 3 is 2.44 bits per heavy atom. The van der Waals surface area contributed by atoms with Crippen LogP contribution in [-0.2, 0) is 16.6 Å². The second kappa shape index (κ2) is 9.63. The standard InChI is InChI=1S/C25H24N4O4S/c1-19-6-4-7-20(16-19)18-28-11-5-9-22(25(28)31)24(30)27-12-14-29(15-13-27)34(32,33)23-10-3-2-8-21(23)17-26/h2-11,16H,12-15,18H2,1H3. The van der Waals surface area contributed by atoms with E-state index < -0.39 is 15.9 Å². The summed E-state index contributed by atoms with van der Waals surface area (Å²) < 4.78 is 28.8. The SMILES string of the molecule is Cc1cccc(Cn2cccc(C(=O)N3CCN(S(=O)(=O)c4ccccc4C#N)CC3)c2=O)c1. The molecule has 0 unspecified atom stereocenters. The maximum Gasteiger partial charge on any atom is 0.263 e. The minimum Gasteiger partial charge on any atom is -0.336 e. The van der Waals surface area contributed by atoms with Gasteiger partial charge >= 0.3 is 0 Å². The van der Waals surface area contributed by atoms with Crippen molar-refractivity contribution in [2.75, 3.05) is 26.2 Å². The number of nitriles is 1. The number of hydrogen-bond donors (Lipinski definition) is 0. The second-order valence-corrected chi connectivity index (χ2v) is 10.1. The Morgan fingerprint density at radius 1 is 1.00 bits per heavy atom. The van der Waals surface area contributed by atoms with Crippen LogP contribution in [0, 0.1) is 18.3 Å². The van der Waals surface area contributed by atoms with Gasteiger partial charge in [0.25, 0.3) is 11.5 Å². The molecule has 0 saturated carbocycles. The third kappa shape index (κ3) is 4.64. The fourth-order valence-electron chi connectivity index (χ4n) is 4.06. The molecule has 1 aromatic heterocycles. The van der Waals surface area contributed by atoms with Gasteiger partial charge in [0.1, 0.15) is 11.6 Å². The average molecular weight is 477 g/mol. The molecule has 0 N–H and O–H groups in total. The van der Waals surface area contributed by atoms with Crippen LogP contribution in [0.1, 0.15) is 27.0 Å². The summed E-state index contributed by atoms with van der Waals surface area (Å²) in [5.41, 5.74) is 1.80. The average Bonchev–Trinajstić information content (AvgIpc) is 2.85. The van der Waals surface area contributed by atoms with Gasteiger partial charge in [-0.25, -0.2) is 8.42 Å². The number of benzene rings is 2. The summed E-state index contributed by atoms with van der Waals surface area (Å²) in [6.45, 7) is 2.80. The number of pyridine rings is 1. The zero-order valence-corrected chi connectivity index (χ0v) is 19.5.